The van der Waals surface area contributed by atoms with Gasteiger partial charge in [-0.25, -0.2) is 4.79 Å². The number of carbonyl (C=O) groups excluding carboxylic acids is 3. The summed E-state index contributed by atoms with van der Waals surface area (Å²) in [5, 5.41) is 5.09. The van der Waals surface area contributed by atoms with Crippen LogP contribution in [0.15, 0.2) is 30.3 Å². The summed E-state index contributed by atoms with van der Waals surface area (Å²) in [6, 6.07) is 8.91. The largest absolute Gasteiger partial charge is 0.453 e. The molecule has 1 aliphatic rings. The van der Waals surface area contributed by atoms with Gasteiger partial charge in [-0.3, -0.25) is 19.8 Å². The van der Waals surface area contributed by atoms with Crippen molar-refractivity contribution < 1.29 is 19.1 Å². The molecule has 1 saturated heterocycles. The number of imide groups is 1. The van der Waals surface area contributed by atoms with E-state index in [4.69, 9.17) is 0 Å². The Morgan fingerprint density at radius 1 is 1.17 bits per heavy atom. The highest BCUT2D eigenvalue weighted by Crippen LogP contribution is 2.21. The summed E-state index contributed by atoms with van der Waals surface area (Å²) < 4.78 is 4.42. The zero-order valence-corrected chi connectivity index (χ0v) is 14.0. The molecule has 1 atom stereocenters. The summed E-state index contributed by atoms with van der Waals surface area (Å²) in [6.07, 6.45) is 0.590. The summed E-state index contributed by atoms with van der Waals surface area (Å²) in [5.41, 5.74) is 0.788. The number of nitrogens with one attached hydrogen (secondary N) is 2. The third-order valence-electron chi connectivity index (χ3n) is 4.28. The molecule has 1 aromatic rings. The van der Waals surface area contributed by atoms with E-state index in [0.29, 0.717) is 25.9 Å². The van der Waals surface area contributed by atoms with Crippen LogP contribution in [0, 0.1) is 5.92 Å². The van der Waals surface area contributed by atoms with Crippen molar-refractivity contribution in [2.75, 3.05) is 25.5 Å². The average Bonchev–Trinajstić information content (AvgIpc) is 2.61. The van der Waals surface area contributed by atoms with E-state index < -0.39 is 18.0 Å². The lowest BCUT2D eigenvalue weighted by atomic mass is 9.94. The number of hydrogen-bond donors (Lipinski definition) is 2. The van der Waals surface area contributed by atoms with Crippen molar-refractivity contribution >= 4 is 23.6 Å². The molecule has 0 spiro atoms. The zero-order valence-electron chi connectivity index (χ0n) is 14.0. The number of hydrogen-bond acceptors (Lipinski definition) is 5. The minimum absolute atomic E-state index is 0.00696. The Kier molecular flexibility index (Phi) is 6.31. The Labute approximate surface area is 141 Å². The van der Waals surface area contributed by atoms with Crippen molar-refractivity contribution in [3.63, 3.8) is 0 Å². The Hall–Kier alpha value is -2.41. The zero-order chi connectivity index (χ0) is 17.5. The van der Waals surface area contributed by atoms with E-state index in [1.54, 1.807) is 6.92 Å². The predicted octanol–water partition coefficient (Wildman–Crippen LogP) is 1.61. The summed E-state index contributed by atoms with van der Waals surface area (Å²) in [7, 11) is 1.21. The van der Waals surface area contributed by atoms with Gasteiger partial charge in [-0.05, 0) is 45.0 Å². The van der Waals surface area contributed by atoms with Gasteiger partial charge in [0, 0.05) is 11.6 Å². The summed E-state index contributed by atoms with van der Waals surface area (Å²) >= 11 is 0. The second-order valence-corrected chi connectivity index (χ2v) is 5.82. The maximum absolute atomic E-state index is 12.3. The van der Waals surface area contributed by atoms with Crippen LogP contribution >= 0.6 is 0 Å². The maximum atomic E-state index is 12.3. The van der Waals surface area contributed by atoms with Crippen LogP contribution in [0.2, 0.25) is 0 Å². The molecule has 0 unspecified atom stereocenters. The lowest BCUT2D eigenvalue weighted by Crippen LogP contribution is -2.50. The van der Waals surface area contributed by atoms with E-state index in [9.17, 15) is 14.4 Å². The van der Waals surface area contributed by atoms with Crippen molar-refractivity contribution in [2.24, 2.45) is 5.92 Å². The SMILES string of the molecule is COC(=O)NC(=O)[C@@H](C)N1CCC(C(=O)Nc2ccccc2)CC1. The molecule has 0 aromatic heterocycles. The maximum Gasteiger partial charge on any atom is 0.413 e. The van der Waals surface area contributed by atoms with Crippen LogP contribution in [0.3, 0.4) is 0 Å². The number of rotatable bonds is 4. The predicted molar refractivity (Wildman–Crippen MR) is 89.4 cm³/mol. The molecule has 0 radical (unpaired) electrons. The second kappa shape index (κ2) is 8.44. The van der Waals surface area contributed by atoms with Gasteiger partial charge in [0.15, 0.2) is 0 Å². The Morgan fingerprint density at radius 2 is 1.79 bits per heavy atom. The van der Waals surface area contributed by atoms with Gasteiger partial charge in [0.2, 0.25) is 11.8 Å². The Morgan fingerprint density at radius 3 is 2.38 bits per heavy atom. The first-order valence-corrected chi connectivity index (χ1v) is 8.00. The third kappa shape index (κ3) is 4.79. The van der Waals surface area contributed by atoms with Gasteiger partial charge in [-0.2, -0.15) is 0 Å². The number of nitrogens with zero attached hydrogens (tertiary/aromatic N) is 1. The first-order valence-electron chi connectivity index (χ1n) is 8.00. The topological polar surface area (TPSA) is 87.7 Å². The number of amides is 3. The van der Waals surface area contributed by atoms with Crippen LogP contribution in [-0.4, -0.2) is 49.0 Å². The lowest BCUT2D eigenvalue weighted by molar-refractivity contribution is -0.126. The molecule has 0 saturated carbocycles. The van der Waals surface area contributed by atoms with Crippen LogP contribution in [-0.2, 0) is 14.3 Å². The van der Waals surface area contributed by atoms with Crippen LogP contribution in [0.4, 0.5) is 10.5 Å². The van der Waals surface area contributed by atoms with E-state index in [1.165, 1.54) is 7.11 Å². The lowest BCUT2D eigenvalue weighted by Gasteiger charge is -2.34. The molecule has 1 heterocycles. The molecule has 1 aromatic carbocycles. The number of likely N-dealkylation sites (tertiary alicyclic amines) is 1. The number of methoxy groups -OCH3 is 1. The molecule has 7 nitrogen and oxygen atoms in total. The number of benzene rings is 1. The highest BCUT2D eigenvalue weighted by atomic mass is 16.5. The average molecular weight is 333 g/mol. The number of anilines is 1. The normalized spacial score (nSPS) is 16.9. The molecule has 2 N–H and O–H groups in total. The van der Waals surface area contributed by atoms with E-state index in [0.717, 1.165) is 5.69 Å². The number of carbonyl (C=O) groups is 3. The number of para-hydroxylation sites is 1. The van der Waals surface area contributed by atoms with Gasteiger partial charge in [0.05, 0.1) is 13.2 Å². The van der Waals surface area contributed by atoms with E-state index >= 15 is 0 Å². The van der Waals surface area contributed by atoms with Gasteiger partial charge < -0.3 is 10.1 Å². The van der Waals surface area contributed by atoms with Crippen LogP contribution in [0.5, 0.6) is 0 Å². The van der Waals surface area contributed by atoms with Crippen molar-refractivity contribution in [3.05, 3.63) is 30.3 Å². The summed E-state index contributed by atoms with van der Waals surface area (Å²) in [6.45, 7) is 2.99. The highest BCUT2D eigenvalue weighted by Gasteiger charge is 2.30. The first kappa shape index (κ1) is 17.9. The molecule has 0 aliphatic carbocycles. The Balaban J connectivity index is 1.81. The first-order chi connectivity index (χ1) is 11.5. The molecule has 24 heavy (non-hydrogen) atoms. The van der Waals surface area contributed by atoms with Crippen LogP contribution in [0.25, 0.3) is 0 Å². The third-order valence-corrected chi connectivity index (χ3v) is 4.28. The van der Waals surface area contributed by atoms with Crippen molar-refractivity contribution in [1.82, 2.24) is 10.2 Å². The highest BCUT2D eigenvalue weighted by molar-refractivity contribution is 5.94. The summed E-state index contributed by atoms with van der Waals surface area (Å²) in [4.78, 5) is 37.3. The molecule has 2 rings (SSSR count). The molecular formula is C17H23N3O4. The van der Waals surface area contributed by atoms with Crippen molar-refractivity contribution in [2.45, 2.75) is 25.8 Å². The van der Waals surface area contributed by atoms with E-state index in [-0.39, 0.29) is 11.8 Å². The Bertz CT molecular complexity index is 583. The van der Waals surface area contributed by atoms with Gasteiger partial charge in [0.1, 0.15) is 0 Å². The standard InChI is InChI=1S/C17H23N3O4/c1-12(15(21)19-17(23)24-2)20-10-8-13(9-11-20)16(22)18-14-6-4-3-5-7-14/h3-7,12-13H,8-11H2,1-2H3,(H,18,22)(H,19,21,23)/t12-/m1/s1. The summed E-state index contributed by atoms with van der Waals surface area (Å²) in [5.74, 6) is -0.459. The van der Waals surface area contributed by atoms with Crippen molar-refractivity contribution in [1.29, 1.82) is 0 Å². The molecule has 3 amide bonds. The van der Waals surface area contributed by atoms with Crippen LogP contribution in [0.1, 0.15) is 19.8 Å². The molecule has 130 valence electrons. The monoisotopic (exact) mass is 333 g/mol. The second-order valence-electron chi connectivity index (χ2n) is 5.82. The fraction of sp³-hybridized carbons (Fsp3) is 0.471. The van der Waals surface area contributed by atoms with Gasteiger partial charge >= 0.3 is 6.09 Å². The fourth-order valence-electron chi connectivity index (χ4n) is 2.74. The quantitative estimate of drug-likeness (QED) is 0.874. The van der Waals surface area contributed by atoms with Gasteiger partial charge in [-0.15, -0.1) is 0 Å². The van der Waals surface area contributed by atoms with Crippen LogP contribution < -0.4 is 10.6 Å². The molecule has 7 heteroatoms. The fourth-order valence-corrected chi connectivity index (χ4v) is 2.74. The number of alkyl carbamates (subject to hydrolysis) is 1. The van der Waals surface area contributed by atoms with Crippen molar-refractivity contribution in [3.8, 4) is 0 Å². The van der Waals surface area contributed by atoms with Gasteiger partial charge in [0.25, 0.3) is 0 Å². The van der Waals surface area contributed by atoms with E-state index in [2.05, 4.69) is 15.4 Å². The number of piperidine rings is 1. The molecular weight excluding hydrogens is 310 g/mol. The smallest absolute Gasteiger partial charge is 0.413 e. The molecule has 0 bridgehead atoms. The van der Waals surface area contributed by atoms with Gasteiger partial charge in [-0.1, -0.05) is 18.2 Å². The molecule has 1 fully saturated rings. The number of ether oxygens (including phenoxy) is 1. The minimum Gasteiger partial charge on any atom is -0.453 e. The minimum atomic E-state index is -0.760. The van der Waals surface area contributed by atoms with E-state index in [1.807, 2.05) is 35.2 Å². The molecule has 1 aliphatic heterocycles.